The van der Waals surface area contributed by atoms with Gasteiger partial charge in [-0.15, -0.1) is 0 Å². The molecule has 3 atom stereocenters. The molecule has 1 heterocycles. The molecule has 3 amide bonds. The van der Waals surface area contributed by atoms with E-state index < -0.39 is 47.9 Å². The summed E-state index contributed by atoms with van der Waals surface area (Å²) >= 11 is 0. The number of hydrogen-bond donors (Lipinski definition) is 4. The van der Waals surface area contributed by atoms with Crippen molar-refractivity contribution in [2.75, 3.05) is 13.1 Å². The van der Waals surface area contributed by atoms with Crippen molar-refractivity contribution in [2.24, 2.45) is 5.92 Å². The number of carboxylic acid groups (broad SMARTS) is 2. The Balaban J connectivity index is 1.42. The smallest absolute Gasteiger partial charge is 0.407 e. The molecule has 1 aliphatic heterocycles. The van der Waals surface area contributed by atoms with Crippen LogP contribution in [0.2, 0.25) is 0 Å². The summed E-state index contributed by atoms with van der Waals surface area (Å²) in [6.45, 7) is 1.92. The molecule has 0 saturated carbocycles. The molecule has 11 nitrogen and oxygen atoms in total. The fourth-order valence-electron chi connectivity index (χ4n) is 5.92. The first-order chi connectivity index (χ1) is 22.6. The number of carbonyl (C=O) groups excluding carboxylic acids is 3. The van der Waals surface area contributed by atoms with Crippen molar-refractivity contribution < 1.29 is 38.9 Å². The summed E-state index contributed by atoms with van der Waals surface area (Å²) in [5.74, 6) is -4.29. The second-order valence-corrected chi connectivity index (χ2v) is 11.9. The third-order valence-corrected chi connectivity index (χ3v) is 8.46. The van der Waals surface area contributed by atoms with Crippen LogP contribution in [-0.4, -0.2) is 69.6 Å². The topological polar surface area (TPSA) is 162 Å². The number of aliphatic carboxylic acids is 2. The lowest BCUT2D eigenvalue weighted by atomic mass is 9.86. The molecule has 11 heteroatoms. The van der Waals surface area contributed by atoms with E-state index in [0.29, 0.717) is 12.8 Å². The molecule has 1 unspecified atom stereocenters. The van der Waals surface area contributed by atoms with E-state index in [9.17, 15) is 29.1 Å². The van der Waals surface area contributed by atoms with Crippen LogP contribution in [0.5, 0.6) is 0 Å². The van der Waals surface area contributed by atoms with E-state index in [0.717, 1.165) is 22.3 Å². The molecular formula is C36H41N3O8. The minimum atomic E-state index is -1.43. The van der Waals surface area contributed by atoms with E-state index in [1.54, 1.807) is 6.92 Å². The summed E-state index contributed by atoms with van der Waals surface area (Å²) in [6, 6.07) is 25.3. The lowest BCUT2D eigenvalue weighted by Crippen LogP contribution is -2.62. The van der Waals surface area contributed by atoms with Crippen LogP contribution in [-0.2, 0) is 43.4 Å². The second-order valence-electron chi connectivity index (χ2n) is 11.9. The van der Waals surface area contributed by atoms with Gasteiger partial charge in [0.2, 0.25) is 11.8 Å². The van der Waals surface area contributed by atoms with Crippen LogP contribution in [0.25, 0.3) is 0 Å². The van der Waals surface area contributed by atoms with Crippen molar-refractivity contribution in [1.29, 1.82) is 0 Å². The minimum Gasteiger partial charge on any atom is -0.481 e. The van der Waals surface area contributed by atoms with E-state index in [4.69, 9.17) is 9.84 Å². The third-order valence-electron chi connectivity index (χ3n) is 8.46. The maximum atomic E-state index is 13.9. The van der Waals surface area contributed by atoms with Gasteiger partial charge in [0.25, 0.3) is 0 Å². The van der Waals surface area contributed by atoms with Crippen molar-refractivity contribution in [3.8, 4) is 0 Å². The number of carbonyl (C=O) groups is 5. The SMILES string of the molecule is CC(CNC(=O)OCc1ccccc1Cc1ccccc1)C(=O)N1CCC[C@@]1(Cc1ccccc1)C(=O)N[C@@H](CCC(=O)O)C(=O)O. The monoisotopic (exact) mass is 643 g/mol. The van der Waals surface area contributed by atoms with E-state index in [1.807, 2.05) is 84.9 Å². The van der Waals surface area contributed by atoms with Gasteiger partial charge >= 0.3 is 18.0 Å². The quantitative estimate of drug-likeness (QED) is 0.192. The first kappa shape index (κ1) is 34.7. The Labute approximate surface area is 273 Å². The number of hydrogen-bond acceptors (Lipinski definition) is 6. The summed E-state index contributed by atoms with van der Waals surface area (Å²) in [5.41, 5.74) is 2.42. The minimum absolute atomic E-state index is 0.0424. The average Bonchev–Trinajstić information content (AvgIpc) is 3.49. The van der Waals surface area contributed by atoms with Crippen molar-refractivity contribution in [1.82, 2.24) is 15.5 Å². The van der Waals surface area contributed by atoms with Gasteiger partial charge in [-0.2, -0.15) is 0 Å². The van der Waals surface area contributed by atoms with Gasteiger partial charge in [-0.3, -0.25) is 14.4 Å². The zero-order valence-corrected chi connectivity index (χ0v) is 26.4. The van der Waals surface area contributed by atoms with Gasteiger partial charge in [0.1, 0.15) is 18.2 Å². The highest BCUT2D eigenvalue weighted by atomic mass is 16.5. The molecule has 0 bridgehead atoms. The second kappa shape index (κ2) is 16.4. The van der Waals surface area contributed by atoms with Crippen LogP contribution in [0.1, 0.15) is 54.9 Å². The highest BCUT2D eigenvalue weighted by molar-refractivity contribution is 5.95. The highest BCUT2D eigenvalue weighted by Crippen LogP contribution is 2.35. The first-order valence-electron chi connectivity index (χ1n) is 15.7. The van der Waals surface area contributed by atoms with Crippen molar-refractivity contribution in [2.45, 2.75) is 63.6 Å². The summed E-state index contributed by atoms with van der Waals surface area (Å²) < 4.78 is 5.49. The largest absolute Gasteiger partial charge is 0.481 e. The maximum absolute atomic E-state index is 13.9. The van der Waals surface area contributed by atoms with Gasteiger partial charge in [-0.25, -0.2) is 9.59 Å². The van der Waals surface area contributed by atoms with Crippen LogP contribution < -0.4 is 10.6 Å². The van der Waals surface area contributed by atoms with E-state index >= 15 is 0 Å². The molecule has 4 N–H and O–H groups in total. The Kier molecular flexibility index (Phi) is 12.1. The molecule has 0 radical (unpaired) electrons. The molecule has 0 aliphatic carbocycles. The van der Waals surface area contributed by atoms with E-state index in [1.165, 1.54) is 4.90 Å². The van der Waals surface area contributed by atoms with Crippen molar-refractivity contribution in [3.05, 3.63) is 107 Å². The predicted molar refractivity (Wildman–Crippen MR) is 173 cm³/mol. The van der Waals surface area contributed by atoms with Crippen LogP contribution in [0.4, 0.5) is 4.79 Å². The molecular weight excluding hydrogens is 602 g/mol. The van der Waals surface area contributed by atoms with Crippen molar-refractivity contribution >= 4 is 29.8 Å². The number of alkyl carbamates (subject to hydrolysis) is 1. The molecule has 0 spiro atoms. The van der Waals surface area contributed by atoms with Gasteiger partial charge in [-0.1, -0.05) is 91.9 Å². The molecule has 47 heavy (non-hydrogen) atoms. The molecule has 3 aromatic carbocycles. The number of nitrogens with zero attached hydrogens (tertiary/aromatic N) is 1. The first-order valence-corrected chi connectivity index (χ1v) is 15.7. The Morgan fingerprint density at radius 3 is 2.13 bits per heavy atom. The number of ether oxygens (including phenoxy) is 1. The Morgan fingerprint density at radius 2 is 1.49 bits per heavy atom. The molecule has 1 fully saturated rings. The van der Waals surface area contributed by atoms with Crippen LogP contribution in [0.15, 0.2) is 84.9 Å². The average molecular weight is 644 g/mol. The molecule has 248 valence electrons. The summed E-state index contributed by atoms with van der Waals surface area (Å²) in [5, 5.41) is 23.9. The lowest BCUT2D eigenvalue weighted by Gasteiger charge is -2.39. The number of carboxylic acids is 2. The molecule has 4 rings (SSSR count). The van der Waals surface area contributed by atoms with E-state index in [-0.39, 0.29) is 44.9 Å². The van der Waals surface area contributed by atoms with Gasteiger partial charge in [0.05, 0.1) is 5.92 Å². The van der Waals surface area contributed by atoms with E-state index in [2.05, 4.69) is 10.6 Å². The lowest BCUT2D eigenvalue weighted by molar-refractivity contribution is -0.150. The van der Waals surface area contributed by atoms with Crippen LogP contribution in [0, 0.1) is 5.92 Å². The Hall–Kier alpha value is -5.19. The molecule has 0 aromatic heterocycles. The van der Waals surface area contributed by atoms with Crippen LogP contribution >= 0.6 is 0 Å². The Bertz CT molecular complexity index is 1550. The number of rotatable bonds is 15. The summed E-state index contributed by atoms with van der Waals surface area (Å²) in [6.07, 6.45) is 0.194. The third kappa shape index (κ3) is 9.41. The molecule has 3 aromatic rings. The summed E-state index contributed by atoms with van der Waals surface area (Å²) in [7, 11) is 0. The standard InChI is InChI=1S/C36H41N3O8/c1-25(23-37-35(46)47-24-29-16-9-8-15-28(29)21-26-11-4-2-5-12-26)32(42)39-20-10-19-36(39,22-27-13-6-3-7-14-27)34(45)38-30(33(43)44)17-18-31(40)41/h2-9,11-16,25,30H,10,17-24H2,1H3,(H,37,46)(H,38,45)(H,40,41)(H,43,44)/t25?,30-,36+/m0/s1. The Morgan fingerprint density at radius 1 is 0.872 bits per heavy atom. The van der Waals surface area contributed by atoms with Gasteiger partial charge < -0.3 is 30.5 Å². The maximum Gasteiger partial charge on any atom is 0.407 e. The fraction of sp³-hybridized carbons (Fsp3) is 0.361. The predicted octanol–water partition coefficient (Wildman–Crippen LogP) is 4.18. The number of likely N-dealkylation sites (tertiary alicyclic amines) is 1. The van der Waals surface area contributed by atoms with Gasteiger partial charge in [0.15, 0.2) is 0 Å². The molecule has 1 aliphatic rings. The van der Waals surface area contributed by atoms with Gasteiger partial charge in [-0.05, 0) is 47.9 Å². The van der Waals surface area contributed by atoms with Crippen LogP contribution in [0.3, 0.4) is 0 Å². The molecule has 1 saturated heterocycles. The van der Waals surface area contributed by atoms with Gasteiger partial charge in [0, 0.05) is 25.9 Å². The number of amides is 3. The zero-order chi connectivity index (χ0) is 33.8. The summed E-state index contributed by atoms with van der Waals surface area (Å²) in [4.78, 5) is 64.9. The highest BCUT2D eigenvalue weighted by Gasteiger charge is 2.51. The normalized spacial score (nSPS) is 16.9. The zero-order valence-electron chi connectivity index (χ0n) is 26.4. The number of nitrogens with one attached hydrogen (secondary N) is 2. The fourth-order valence-corrected chi connectivity index (χ4v) is 5.92. The number of benzene rings is 3. The van der Waals surface area contributed by atoms with Crippen molar-refractivity contribution in [3.63, 3.8) is 0 Å².